The zero-order valence-electron chi connectivity index (χ0n) is 76.5. The maximum absolute atomic E-state index is 15.7. The number of primary amides is 1. The van der Waals surface area contributed by atoms with E-state index >= 15 is 56.7 Å². The van der Waals surface area contributed by atoms with Gasteiger partial charge in [0.1, 0.15) is 90.9 Å². The zero-order valence-corrected chi connectivity index (χ0v) is 77.3. The lowest BCUT2D eigenvalue weighted by molar-refractivity contribution is -0.152. The number of halogens is 3. The normalized spacial score (nSPS) is 24.1. The first-order chi connectivity index (χ1) is 63.8. The number of likely N-dealkylation sites (N-methyl/N-ethyl adjacent to an activating group) is 3. The number of unbranched alkanes of at least 4 members (excludes halogenated alkanes) is 1. The molecule has 40 heteroatoms. The molecule has 724 valence electrons. The molecule has 0 bridgehead atoms. The summed E-state index contributed by atoms with van der Waals surface area (Å²) < 4.78 is 50.2. The van der Waals surface area contributed by atoms with E-state index in [0.717, 1.165) is 25.2 Å². The Labute approximate surface area is 778 Å². The number of nitrogens with zero attached hydrogens (tertiary/aromatic N) is 5. The summed E-state index contributed by atoms with van der Waals surface area (Å²) in [6.07, 6.45) is -1.32. The van der Waals surface area contributed by atoms with Gasteiger partial charge in [-0.3, -0.25) is 76.7 Å². The van der Waals surface area contributed by atoms with Crippen LogP contribution in [-0.4, -0.2) is 285 Å². The van der Waals surface area contributed by atoms with Gasteiger partial charge < -0.3 is 104 Å². The molecule has 6 aromatic rings. The van der Waals surface area contributed by atoms with E-state index in [4.69, 9.17) is 16.2 Å². The molecule has 3 aliphatic heterocycles. The molecule has 134 heavy (non-hydrogen) atoms. The van der Waals surface area contributed by atoms with Crippen LogP contribution >= 0.6 is 11.8 Å². The van der Waals surface area contributed by atoms with Crippen molar-refractivity contribution in [2.24, 2.45) is 23.3 Å². The van der Waals surface area contributed by atoms with Crippen LogP contribution in [0.2, 0.25) is 0 Å². The average molecular weight is 1880 g/mol. The number of nitrogens with two attached hydrogens (primary N) is 2. The highest BCUT2D eigenvalue weighted by atomic mass is 32.2. The van der Waals surface area contributed by atoms with Gasteiger partial charge in [-0.2, -0.15) is 0 Å². The van der Waals surface area contributed by atoms with Gasteiger partial charge in [-0.05, 0) is 122 Å². The number of fused-ring (bicyclic) bond motifs is 3. The van der Waals surface area contributed by atoms with Crippen LogP contribution in [0.3, 0.4) is 0 Å². The first-order valence-electron chi connectivity index (χ1n) is 44.8. The third kappa shape index (κ3) is 28.8. The largest absolute Gasteiger partial charge is 0.508 e. The molecule has 0 radical (unpaired) electrons. The number of carbonyl (C=O) groups excluding carboxylic acids is 16. The molecule has 0 aliphatic carbocycles. The van der Waals surface area contributed by atoms with Crippen molar-refractivity contribution in [2.45, 2.75) is 216 Å². The number of nitrogens with one attached hydrogen (secondary N) is 10. The van der Waals surface area contributed by atoms with E-state index in [1.807, 2.05) is 6.92 Å². The van der Waals surface area contributed by atoms with Gasteiger partial charge >= 0.3 is 0 Å². The van der Waals surface area contributed by atoms with Crippen LogP contribution in [0.4, 0.5) is 13.2 Å². The zero-order chi connectivity index (χ0) is 97.9. The molecule has 15 amide bonds. The quantitative estimate of drug-likeness (QED) is 0.0286. The predicted molar refractivity (Wildman–Crippen MR) is 488 cm³/mol. The van der Waals surface area contributed by atoms with E-state index in [-0.39, 0.29) is 102 Å². The number of aryl methyl sites for hydroxylation is 1. The van der Waals surface area contributed by atoms with E-state index in [1.165, 1.54) is 50.3 Å². The molecule has 3 saturated heterocycles. The number of carbonyl (C=O) groups is 16. The molecule has 9 rings (SSSR count). The summed E-state index contributed by atoms with van der Waals surface area (Å²) in [5.74, 6) is -22.2. The Morgan fingerprint density at radius 2 is 1.15 bits per heavy atom. The van der Waals surface area contributed by atoms with Gasteiger partial charge in [0.15, 0.2) is 17.5 Å². The lowest BCUT2D eigenvalue weighted by atomic mass is 9.98. The van der Waals surface area contributed by atoms with Crippen LogP contribution in [0.1, 0.15) is 126 Å². The number of rotatable bonds is 25. The number of aromatic amines is 1. The number of aliphatic hydroxyl groups excluding tert-OH is 1. The van der Waals surface area contributed by atoms with Crippen LogP contribution in [-0.2, 0) is 114 Å². The van der Waals surface area contributed by atoms with Crippen LogP contribution in [0.15, 0.2) is 121 Å². The summed E-state index contributed by atoms with van der Waals surface area (Å²) in [5, 5.41) is 46.4. The predicted octanol–water partition coefficient (Wildman–Crippen LogP) is 1.58. The average Bonchev–Trinajstić information content (AvgIpc) is 1.57. The van der Waals surface area contributed by atoms with Gasteiger partial charge in [0.05, 0.1) is 18.4 Å². The van der Waals surface area contributed by atoms with Gasteiger partial charge in [0.2, 0.25) is 88.6 Å². The molecule has 3 aliphatic rings. The molecular weight excluding hydrogens is 1760 g/mol. The molecule has 14 atom stereocenters. The van der Waals surface area contributed by atoms with Gasteiger partial charge in [-0.15, -0.1) is 11.8 Å². The van der Waals surface area contributed by atoms with Gasteiger partial charge in [0.25, 0.3) is 6.47 Å². The number of para-hydroxylation sites is 1. The maximum atomic E-state index is 15.7. The SMILES string of the molecule is CCCC[C@H]1C(=O)N2C[C@@H](O)C[C@@H]2C(=O)N[C@@H](COC=O)C(=O)N[C@@H](C(C)C)C(=O)N(C)[C@@H](Cc2ccc(C)cc2)C(=O)N[C@@H](CCCN)C(=O)N2CCC[C@@H]2C(=O)N[C@@H](Cc2c[nH]c3ccccc23)C(=O)N[C@@H](Cc2ccc(O)cc2)C(=O)N[C@@H](CC(C)C)C(=O)N[C@H](C(=O)NCC(N)=O)CSCC(=O)N[C@@H](Cc2cc(F)c(F)c(F)c2)C(=O)N(C)[C@@H](Cc2ccccc2)C(=O)N1C. The van der Waals surface area contributed by atoms with Gasteiger partial charge in [-0.25, -0.2) is 13.2 Å². The standard InChI is InChI=1S/C94H122F3N17O19S/c1-10-11-24-74-93(131)114-47-61(117)44-76(114)89(127)107-71(48-133-51-115)86(124)109-81(53(4)5)94(132)111(8)75(41-57-28-26-54(6)27-29-57)88(126)103-66(23-17-34-98)91(129)113-35-18-25-73(113)87(125)106-69(43-59-45-100-65-22-16-15-21-62(59)65)85(123)105-68(39-56-30-32-60(116)33-31-56)84(122)104-67(36-52(2)3)83(121)108-72(82(120)101-46-78(99)118)49-134-50-79(119)102-70(40-58-37-63(95)80(97)64(96)38-58)90(128)112(9)77(92(130)110(74)7)42-55-19-13-12-14-20-55/h12-16,19-22,26-33,37-38,45,51-53,61,66-77,81,100,116-117H,10-11,17-18,23-25,34-36,39-44,46-50,98H2,1-9H3,(H2,99,118)(H,101,120)(H,102,119)(H,103,126)(H,104,122)(H,105,123)(H,106,125)(H,107,127)(H,108,121)(H,109,124)/t61-,66-,67-,68-,69-,70-,71-,72-,73+,74-,75-,76+,77-,81-/m0/s1. The summed E-state index contributed by atoms with van der Waals surface area (Å²) >= 11 is 0.673. The van der Waals surface area contributed by atoms with Crippen molar-refractivity contribution in [3.63, 3.8) is 0 Å². The van der Waals surface area contributed by atoms with Crippen molar-refractivity contribution in [2.75, 3.05) is 65.4 Å². The monoisotopic (exact) mass is 1880 g/mol. The Bertz CT molecular complexity index is 5150. The number of ether oxygens (including phenoxy) is 1. The number of thioether (sulfide) groups is 1. The minimum Gasteiger partial charge on any atom is -0.508 e. The molecule has 36 nitrogen and oxygen atoms in total. The number of benzene rings is 5. The number of aromatic hydroxyl groups is 1. The maximum Gasteiger partial charge on any atom is 0.293 e. The first-order valence-corrected chi connectivity index (χ1v) is 45.9. The molecule has 0 spiro atoms. The number of hydrogen-bond acceptors (Lipinski definition) is 21. The fourth-order valence-electron chi connectivity index (χ4n) is 16.6. The Morgan fingerprint density at radius 3 is 1.80 bits per heavy atom. The van der Waals surface area contributed by atoms with E-state index in [0.29, 0.717) is 63.5 Å². The third-order valence-electron chi connectivity index (χ3n) is 24.0. The van der Waals surface area contributed by atoms with Crippen molar-refractivity contribution < 1.29 is 105 Å². The van der Waals surface area contributed by atoms with E-state index in [9.17, 15) is 43.4 Å². The summed E-state index contributed by atoms with van der Waals surface area (Å²) in [4.78, 5) is 246. The number of amides is 15. The van der Waals surface area contributed by atoms with Crippen molar-refractivity contribution in [3.8, 4) is 5.75 Å². The Hall–Kier alpha value is -13.0. The highest BCUT2D eigenvalue weighted by molar-refractivity contribution is 8.00. The van der Waals surface area contributed by atoms with E-state index < -0.39 is 247 Å². The molecule has 0 saturated carbocycles. The molecule has 5 aromatic carbocycles. The second kappa shape index (κ2) is 49.7. The van der Waals surface area contributed by atoms with Crippen LogP contribution in [0.25, 0.3) is 10.9 Å². The Kier molecular flexibility index (Phi) is 38.8. The van der Waals surface area contributed by atoms with Crippen molar-refractivity contribution in [3.05, 3.63) is 172 Å². The number of phenols is 1. The minimum absolute atomic E-state index is 0.0111. The molecule has 0 unspecified atom stereocenters. The number of hydrogen-bond donors (Lipinski definition) is 14. The lowest BCUT2D eigenvalue weighted by Gasteiger charge is -2.38. The number of phenolic OH excluding ortho intramolecular Hbond substituents is 1. The summed E-state index contributed by atoms with van der Waals surface area (Å²) in [6.45, 7) is 8.03. The van der Waals surface area contributed by atoms with Crippen LogP contribution < -0.4 is 59.3 Å². The van der Waals surface area contributed by atoms with E-state index in [2.05, 4.69) is 52.8 Å². The third-order valence-corrected chi connectivity index (χ3v) is 25.0. The minimum atomic E-state index is -1.89. The smallest absolute Gasteiger partial charge is 0.293 e. The van der Waals surface area contributed by atoms with Crippen molar-refractivity contribution in [1.29, 1.82) is 0 Å². The molecule has 16 N–H and O–H groups in total. The van der Waals surface area contributed by atoms with Crippen molar-refractivity contribution in [1.82, 2.24) is 77.3 Å². The Balaban J connectivity index is 1.14. The fourth-order valence-corrected chi connectivity index (χ4v) is 17.4. The van der Waals surface area contributed by atoms with Crippen molar-refractivity contribution >= 4 is 118 Å². The number of aliphatic hydroxyl groups is 1. The molecule has 3 fully saturated rings. The second-order valence-electron chi connectivity index (χ2n) is 34.9. The van der Waals surface area contributed by atoms with Crippen LogP contribution in [0, 0.1) is 36.2 Å². The highest BCUT2D eigenvalue weighted by Crippen LogP contribution is 2.29. The Morgan fingerprint density at radius 1 is 0.582 bits per heavy atom. The van der Waals surface area contributed by atoms with E-state index in [1.54, 1.807) is 120 Å². The topological polar surface area (TPSA) is 515 Å². The summed E-state index contributed by atoms with van der Waals surface area (Å²) in [5.41, 5.74) is 14.6. The first kappa shape index (κ1) is 105. The van der Waals surface area contributed by atoms with Gasteiger partial charge in [-0.1, -0.05) is 138 Å². The highest BCUT2D eigenvalue weighted by Gasteiger charge is 2.48. The van der Waals surface area contributed by atoms with Gasteiger partial charge in [0, 0.05) is 95.6 Å². The lowest BCUT2D eigenvalue weighted by Crippen LogP contribution is -2.62. The number of H-pyrrole nitrogens is 1. The summed E-state index contributed by atoms with van der Waals surface area (Å²) in [6, 6.07) is 8.35. The second-order valence-corrected chi connectivity index (χ2v) is 36.0. The van der Waals surface area contributed by atoms with Crippen LogP contribution in [0.5, 0.6) is 5.75 Å². The fraction of sp³-hybridized carbons (Fsp3) is 0.489. The molecular formula is C94H122F3N17O19S. The summed E-state index contributed by atoms with van der Waals surface area (Å²) in [7, 11) is 3.75. The number of aromatic nitrogens is 1. The molecule has 4 heterocycles. The molecule has 1 aromatic heterocycles.